The monoisotopic (exact) mass is 359 g/mol. The van der Waals surface area contributed by atoms with Gasteiger partial charge in [0.05, 0.1) is 16.3 Å². The van der Waals surface area contributed by atoms with Crippen LogP contribution in [0.3, 0.4) is 0 Å². The standard InChI is InChI=1S/C17H17N3O2S2/c1-12-8-9-14(24(18,21)22)10-15(12)16-11-23-17(20(16)2)19-13-6-4-3-5-7-13/h3-11H,1-2H3,(H2,18,21,22). The number of hydrogen-bond acceptors (Lipinski definition) is 4. The van der Waals surface area contributed by atoms with Gasteiger partial charge in [0.1, 0.15) is 0 Å². The van der Waals surface area contributed by atoms with Gasteiger partial charge in [-0.2, -0.15) is 0 Å². The summed E-state index contributed by atoms with van der Waals surface area (Å²) < 4.78 is 25.2. The molecule has 0 saturated heterocycles. The molecular formula is C17H17N3O2S2. The summed E-state index contributed by atoms with van der Waals surface area (Å²) in [5.41, 5.74) is 3.58. The summed E-state index contributed by atoms with van der Waals surface area (Å²) in [5.74, 6) is 0. The number of thiazole rings is 1. The lowest BCUT2D eigenvalue weighted by Gasteiger charge is -2.09. The molecule has 2 N–H and O–H groups in total. The van der Waals surface area contributed by atoms with Gasteiger partial charge in [0.2, 0.25) is 10.0 Å². The van der Waals surface area contributed by atoms with E-state index in [2.05, 4.69) is 4.99 Å². The second-order valence-corrected chi connectivity index (χ2v) is 7.83. The lowest BCUT2D eigenvalue weighted by Crippen LogP contribution is -2.13. The first kappa shape index (κ1) is 16.6. The van der Waals surface area contributed by atoms with E-state index in [0.717, 1.165) is 27.3 Å². The zero-order chi connectivity index (χ0) is 17.3. The van der Waals surface area contributed by atoms with Crippen LogP contribution in [0.1, 0.15) is 5.56 Å². The minimum Gasteiger partial charge on any atom is -0.320 e. The number of sulfonamides is 1. The SMILES string of the molecule is Cc1ccc(S(N)(=O)=O)cc1-c1csc(=Nc2ccccc2)n1C. The molecule has 0 spiro atoms. The van der Waals surface area contributed by atoms with Gasteiger partial charge in [-0.3, -0.25) is 0 Å². The van der Waals surface area contributed by atoms with Gasteiger partial charge in [-0.15, -0.1) is 11.3 Å². The molecule has 0 amide bonds. The number of nitrogens with two attached hydrogens (primary N) is 1. The molecule has 0 saturated carbocycles. The molecule has 2 aromatic carbocycles. The molecule has 5 nitrogen and oxygen atoms in total. The van der Waals surface area contributed by atoms with Gasteiger partial charge in [0.25, 0.3) is 0 Å². The smallest absolute Gasteiger partial charge is 0.238 e. The molecule has 24 heavy (non-hydrogen) atoms. The minimum absolute atomic E-state index is 0.107. The van der Waals surface area contributed by atoms with Crippen molar-refractivity contribution in [1.82, 2.24) is 4.57 Å². The molecular weight excluding hydrogens is 342 g/mol. The van der Waals surface area contributed by atoms with Gasteiger partial charge in [0, 0.05) is 18.0 Å². The highest BCUT2D eigenvalue weighted by molar-refractivity contribution is 7.89. The highest BCUT2D eigenvalue weighted by Gasteiger charge is 2.13. The van der Waals surface area contributed by atoms with Crippen LogP contribution in [0.2, 0.25) is 0 Å². The molecule has 0 atom stereocenters. The van der Waals surface area contributed by atoms with Crippen molar-refractivity contribution in [2.24, 2.45) is 17.2 Å². The van der Waals surface area contributed by atoms with Crippen LogP contribution in [0, 0.1) is 6.92 Å². The molecule has 0 aliphatic carbocycles. The summed E-state index contributed by atoms with van der Waals surface area (Å²) in [6.45, 7) is 1.94. The molecule has 0 radical (unpaired) electrons. The highest BCUT2D eigenvalue weighted by atomic mass is 32.2. The minimum atomic E-state index is -3.73. The molecule has 0 bridgehead atoms. The maximum Gasteiger partial charge on any atom is 0.238 e. The second-order valence-electron chi connectivity index (χ2n) is 5.43. The van der Waals surface area contributed by atoms with E-state index < -0.39 is 10.0 Å². The first-order valence-electron chi connectivity index (χ1n) is 7.24. The Labute approximate surface area is 144 Å². The Bertz CT molecular complexity index is 1050. The number of primary sulfonamides is 1. The van der Waals surface area contributed by atoms with Crippen molar-refractivity contribution < 1.29 is 8.42 Å². The largest absolute Gasteiger partial charge is 0.320 e. The first-order chi connectivity index (χ1) is 11.4. The van der Waals surface area contributed by atoms with Crippen molar-refractivity contribution in [1.29, 1.82) is 0 Å². The Kier molecular flexibility index (Phi) is 4.40. The van der Waals surface area contributed by atoms with Gasteiger partial charge in [0.15, 0.2) is 4.80 Å². The topological polar surface area (TPSA) is 77.5 Å². The summed E-state index contributed by atoms with van der Waals surface area (Å²) in [6.07, 6.45) is 0. The van der Waals surface area contributed by atoms with Gasteiger partial charge < -0.3 is 4.57 Å². The Morgan fingerprint density at radius 1 is 1.12 bits per heavy atom. The van der Waals surface area contributed by atoms with Crippen molar-refractivity contribution in [2.75, 3.05) is 0 Å². The predicted octanol–water partition coefficient (Wildman–Crippen LogP) is 2.94. The average Bonchev–Trinajstić information content (AvgIpc) is 2.89. The maximum absolute atomic E-state index is 11.6. The molecule has 0 aliphatic heterocycles. The molecule has 3 aromatic rings. The van der Waals surface area contributed by atoms with Gasteiger partial charge in [-0.1, -0.05) is 24.3 Å². The van der Waals surface area contributed by atoms with Crippen LogP contribution in [0.4, 0.5) is 5.69 Å². The third-order valence-electron chi connectivity index (χ3n) is 3.72. The Hall–Kier alpha value is -2.22. The number of hydrogen-bond donors (Lipinski definition) is 1. The predicted molar refractivity (Wildman–Crippen MR) is 96.5 cm³/mol. The third kappa shape index (κ3) is 3.33. The third-order valence-corrected chi connectivity index (χ3v) is 5.55. The Morgan fingerprint density at radius 2 is 1.83 bits per heavy atom. The molecule has 1 aromatic heterocycles. The van der Waals surface area contributed by atoms with Crippen LogP contribution >= 0.6 is 11.3 Å². The van der Waals surface area contributed by atoms with Crippen LogP contribution in [0.25, 0.3) is 11.3 Å². The van der Waals surface area contributed by atoms with Crippen molar-refractivity contribution in [3.63, 3.8) is 0 Å². The molecule has 1 heterocycles. The van der Waals surface area contributed by atoms with E-state index in [4.69, 9.17) is 5.14 Å². The number of rotatable bonds is 3. The summed E-state index contributed by atoms with van der Waals surface area (Å²) in [6, 6.07) is 14.6. The Morgan fingerprint density at radius 3 is 2.50 bits per heavy atom. The highest BCUT2D eigenvalue weighted by Crippen LogP contribution is 2.26. The van der Waals surface area contributed by atoms with E-state index in [9.17, 15) is 8.42 Å². The van der Waals surface area contributed by atoms with Crippen LogP contribution in [0.5, 0.6) is 0 Å². The maximum atomic E-state index is 11.6. The zero-order valence-electron chi connectivity index (χ0n) is 13.3. The second kappa shape index (κ2) is 6.35. The van der Waals surface area contributed by atoms with Crippen LogP contribution in [-0.2, 0) is 17.1 Å². The number of para-hydroxylation sites is 1. The van der Waals surface area contributed by atoms with E-state index in [1.165, 1.54) is 17.4 Å². The molecule has 124 valence electrons. The van der Waals surface area contributed by atoms with Crippen LogP contribution in [0.15, 0.2) is 63.8 Å². The first-order valence-corrected chi connectivity index (χ1v) is 9.67. The zero-order valence-corrected chi connectivity index (χ0v) is 14.9. The van der Waals surface area contributed by atoms with Crippen molar-refractivity contribution >= 4 is 27.0 Å². The number of aryl methyl sites for hydroxylation is 1. The van der Waals surface area contributed by atoms with Crippen molar-refractivity contribution in [3.8, 4) is 11.3 Å². The normalized spacial score (nSPS) is 12.5. The fourth-order valence-electron chi connectivity index (χ4n) is 2.38. The van der Waals surface area contributed by atoms with Crippen molar-refractivity contribution in [2.45, 2.75) is 11.8 Å². The molecule has 0 fully saturated rings. The lowest BCUT2D eigenvalue weighted by atomic mass is 10.1. The van der Waals surface area contributed by atoms with E-state index in [-0.39, 0.29) is 4.90 Å². The lowest BCUT2D eigenvalue weighted by molar-refractivity contribution is 0.598. The number of nitrogens with zero attached hydrogens (tertiary/aromatic N) is 2. The van der Waals surface area contributed by atoms with E-state index in [1.807, 2.05) is 54.3 Å². The summed E-state index contributed by atoms with van der Waals surface area (Å²) in [5, 5.41) is 7.22. The van der Waals surface area contributed by atoms with Crippen LogP contribution in [-0.4, -0.2) is 13.0 Å². The van der Waals surface area contributed by atoms with E-state index >= 15 is 0 Å². The summed E-state index contributed by atoms with van der Waals surface area (Å²) in [7, 11) is -1.82. The van der Waals surface area contributed by atoms with Gasteiger partial charge in [-0.05, 0) is 36.8 Å². The average molecular weight is 359 g/mol. The van der Waals surface area contributed by atoms with Gasteiger partial charge >= 0.3 is 0 Å². The molecule has 0 aliphatic rings. The van der Waals surface area contributed by atoms with Crippen LogP contribution < -0.4 is 9.94 Å². The van der Waals surface area contributed by atoms with E-state index in [1.54, 1.807) is 12.1 Å². The summed E-state index contributed by atoms with van der Waals surface area (Å²) in [4.78, 5) is 5.56. The van der Waals surface area contributed by atoms with Gasteiger partial charge in [-0.25, -0.2) is 18.5 Å². The number of aromatic nitrogens is 1. The Balaban J connectivity index is 2.14. The number of benzene rings is 2. The summed E-state index contributed by atoms with van der Waals surface area (Å²) >= 11 is 1.50. The van der Waals surface area contributed by atoms with E-state index in [0.29, 0.717) is 0 Å². The quantitative estimate of drug-likeness (QED) is 0.780. The van der Waals surface area contributed by atoms with Crippen molar-refractivity contribution in [3.05, 3.63) is 64.3 Å². The fraction of sp³-hybridized carbons (Fsp3) is 0.118. The molecule has 3 rings (SSSR count). The fourth-order valence-corrected chi connectivity index (χ4v) is 3.84. The molecule has 7 heteroatoms. The molecule has 0 unspecified atom stereocenters.